The Labute approximate surface area is 90.8 Å². The average molecular weight is 209 g/mol. The van der Waals surface area contributed by atoms with Gasteiger partial charge in [-0.1, -0.05) is 13.8 Å². The molecule has 0 aromatic carbocycles. The van der Waals surface area contributed by atoms with Gasteiger partial charge in [-0.15, -0.1) is 0 Å². The lowest BCUT2D eigenvalue weighted by molar-refractivity contribution is -0.138. The minimum atomic E-state index is -0.0328. The van der Waals surface area contributed by atoms with Crippen molar-refractivity contribution < 1.29 is 9.53 Å². The monoisotopic (exact) mass is 209 g/mol. The quantitative estimate of drug-likeness (QED) is 0.612. The van der Waals surface area contributed by atoms with E-state index in [4.69, 9.17) is 4.74 Å². The molecular formula is C12H19NO2. The highest BCUT2D eigenvalue weighted by Gasteiger charge is 2.56. The molecule has 3 rings (SSSR count). The minimum absolute atomic E-state index is 0.0328. The van der Waals surface area contributed by atoms with Gasteiger partial charge in [0.2, 0.25) is 5.91 Å². The zero-order chi connectivity index (χ0) is 10.7. The summed E-state index contributed by atoms with van der Waals surface area (Å²) in [5.74, 6) is 0.962. The van der Waals surface area contributed by atoms with Crippen molar-refractivity contribution in [2.75, 3.05) is 19.7 Å². The number of ether oxygens (including phenoxy) is 1. The maximum Gasteiger partial charge on any atom is 0.228 e. The topological polar surface area (TPSA) is 32.8 Å². The number of hydrogen-bond acceptors (Lipinski definition) is 2. The molecule has 2 saturated heterocycles. The fourth-order valence-electron chi connectivity index (χ4n) is 2.74. The first-order valence-electron chi connectivity index (χ1n) is 5.99. The van der Waals surface area contributed by atoms with Crippen LogP contribution < -0.4 is 0 Å². The number of hydrogen-bond donors (Lipinski definition) is 0. The normalized spacial score (nSPS) is 41.7. The number of carbonyl (C=O) groups excluding carboxylic acids is 1. The molecule has 1 saturated carbocycles. The molecule has 2 aliphatic heterocycles. The van der Waals surface area contributed by atoms with Crippen LogP contribution in [0.25, 0.3) is 0 Å². The van der Waals surface area contributed by atoms with Gasteiger partial charge in [0, 0.05) is 18.5 Å². The Balaban J connectivity index is 1.62. The number of carbonyl (C=O) groups is 1. The molecule has 2 heterocycles. The van der Waals surface area contributed by atoms with Gasteiger partial charge < -0.3 is 9.64 Å². The van der Waals surface area contributed by atoms with E-state index in [0.717, 1.165) is 39.0 Å². The van der Waals surface area contributed by atoms with E-state index in [0.29, 0.717) is 11.8 Å². The second-order valence-corrected chi connectivity index (χ2v) is 5.79. The minimum Gasteiger partial charge on any atom is -0.369 e. The predicted octanol–water partition coefficient (Wildman–Crippen LogP) is 1.42. The maximum absolute atomic E-state index is 12.2. The molecule has 1 amide bonds. The van der Waals surface area contributed by atoms with E-state index in [2.05, 4.69) is 18.7 Å². The first-order chi connectivity index (χ1) is 7.06. The molecule has 3 nitrogen and oxygen atoms in total. The van der Waals surface area contributed by atoms with Crippen LogP contribution in [0.2, 0.25) is 0 Å². The summed E-state index contributed by atoms with van der Waals surface area (Å²) < 4.78 is 5.45. The van der Waals surface area contributed by atoms with Gasteiger partial charge in [0.05, 0.1) is 12.2 Å². The maximum atomic E-state index is 12.2. The molecule has 3 heteroatoms. The lowest BCUT2D eigenvalue weighted by Gasteiger charge is -2.32. The molecule has 15 heavy (non-hydrogen) atoms. The van der Waals surface area contributed by atoms with Crippen LogP contribution in [0.5, 0.6) is 0 Å². The number of rotatable bonds is 1. The van der Waals surface area contributed by atoms with Crippen LogP contribution in [0.3, 0.4) is 0 Å². The molecule has 0 aromatic heterocycles. The lowest BCUT2D eigenvalue weighted by atomic mass is 9.95. The summed E-state index contributed by atoms with van der Waals surface area (Å²) in [5.41, 5.74) is 0.155. The van der Waals surface area contributed by atoms with Crippen molar-refractivity contribution in [1.29, 1.82) is 0 Å². The van der Waals surface area contributed by atoms with Gasteiger partial charge in [-0.05, 0) is 25.2 Å². The molecule has 3 fully saturated rings. The molecule has 1 aliphatic carbocycles. The first-order valence-corrected chi connectivity index (χ1v) is 5.99. The molecule has 0 aromatic rings. The van der Waals surface area contributed by atoms with E-state index in [9.17, 15) is 4.79 Å². The highest BCUT2D eigenvalue weighted by molar-refractivity contribution is 5.85. The number of piperidine rings is 1. The summed E-state index contributed by atoms with van der Waals surface area (Å²) in [7, 11) is 0. The third-order valence-corrected chi connectivity index (χ3v) is 4.66. The van der Waals surface area contributed by atoms with Gasteiger partial charge in [0.25, 0.3) is 0 Å². The Bertz CT molecular complexity index is 301. The molecule has 0 N–H and O–H groups in total. The molecule has 1 spiro atoms. The fourth-order valence-corrected chi connectivity index (χ4v) is 2.74. The van der Waals surface area contributed by atoms with Gasteiger partial charge in [0.15, 0.2) is 0 Å². The largest absolute Gasteiger partial charge is 0.369 e. The third kappa shape index (κ3) is 1.40. The van der Waals surface area contributed by atoms with Crippen molar-refractivity contribution >= 4 is 5.91 Å². The van der Waals surface area contributed by atoms with Crippen LogP contribution in [0.4, 0.5) is 0 Å². The Morgan fingerprint density at radius 1 is 1.40 bits per heavy atom. The second-order valence-electron chi connectivity index (χ2n) is 5.79. The lowest BCUT2D eigenvalue weighted by Crippen LogP contribution is -2.44. The number of epoxide rings is 1. The SMILES string of the molecule is CC1CC1(C)C(=O)N1CCC2(CC1)CO2. The van der Waals surface area contributed by atoms with Crippen molar-refractivity contribution in [2.45, 2.75) is 38.7 Å². The van der Waals surface area contributed by atoms with Crippen molar-refractivity contribution in [3.8, 4) is 0 Å². The van der Waals surface area contributed by atoms with Crippen LogP contribution >= 0.6 is 0 Å². The molecule has 2 unspecified atom stereocenters. The standard InChI is InChI=1S/C12H19NO2/c1-9-7-11(9,2)10(14)13-5-3-12(4-6-13)8-15-12/h9H,3-8H2,1-2H3. The Hall–Kier alpha value is -0.570. The van der Waals surface area contributed by atoms with Crippen LogP contribution in [0.15, 0.2) is 0 Å². The molecule has 84 valence electrons. The van der Waals surface area contributed by atoms with Gasteiger partial charge in [-0.3, -0.25) is 4.79 Å². The average Bonchev–Trinajstić information content (AvgIpc) is 3.10. The number of nitrogens with zero attached hydrogens (tertiary/aromatic N) is 1. The third-order valence-electron chi connectivity index (χ3n) is 4.66. The fraction of sp³-hybridized carbons (Fsp3) is 0.917. The van der Waals surface area contributed by atoms with E-state index < -0.39 is 0 Å². The van der Waals surface area contributed by atoms with Crippen molar-refractivity contribution in [3.63, 3.8) is 0 Å². The van der Waals surface area contributed by atoms with Crippen molar-refractivity contribution in [2.24, 2.45) is 11.3 Å². The number of amides is 1. The Morgan fingerprint density at radius 2 is 1.93 bits per heavy atom. The highest BCUT2D eigenvalue weighted by atomic mass is 16.6. The van der Waals surface area contributed by atoms with Gasteiger partial charge in [0.1, 0.15) is 0 Å². The van der Waals surface area contributed by atoms with E-state index in [1.54, 1.807) is 0 Å². The van der Waals surface area contributed by atoms with Gasteiger partial charge in [-0.2, -0.15) is 0 Å². The van der Waals surface area contributed by atoms with Crippen LogP contribution in [-0.2, 0) is 9.53 Å². The summed E-state index contributed by atoms with van der Waals surface area (Å²) >= 11 is 0. The predicted molar refractivity (Wildman–Crippen MR) is 56.4 cm³/mol. The van der Waals surface area contributed by atoms with Gasteiger partial charge >= 0.3 is 0 Å². The molecule has 0 bridgehead atoms. The van der Waals surface area contributed by atoms with E-state index >= 15 is 0 Å². The highest BCUT2D eigenvalue weighted by Crippen LogP contribution is 2.53. The zero-order valence-electron chi connectivity index (χ0n) is 9.58. The van der Waals surface area contributed by atoms with Crippen LogP contribution in [-0.4, -0.2) is 36.1 Å². The molecule has 3 aliphatic rings. The number of likely N-dealkylation sites (tertiary alicyclic amines) is 1. The molecule has 2 atom stereocenters. The molecule has 0 radical (unpaired) electrons. The van der Waals surface area contributed by atoms with E-state index in [1.165, 1.54) is 0 Å². The van der Waals surface area contributed by atoms with E-state index in [1.807, 2.05) is 0 Å². The van der Waals surface area contributed by atoms with Gasteiger partial charge in [-0.25, -0.2) is 0 Å². The van der Waals surface area contributed by atoms with Crippen LogP contribution in [0, 0.1) is 11.3 Å². The first kappa shape index (κ1) is 9.64. The Kier molecular flexibility index (Phi) is 1.77. The smallest absolute Gasteiger partial charge is 0.228 e. The summed E-state index contributed by atoms with van der Waals surface area (Å²) in [5, 5.41) is 0. The second kappa shape index (κ2) is 2.76. The summed E-state index contributed by atoms with van der Waals surface area (Å²) in [6.07, 6.45) is 3.16. The van der Waals surface area contributed by atoms with Crippen molar-refractivity contribution in [1.82, 2.24) is 4.90 Å². The molecular weight excluding hydrogens is 190 g/mol. The Morgan fingerprint density at radius 3 is 2.33 bits per heavy atom. The summed E-state index contributed by atoms with van der Waals surface area (Å²) in [4.78, 5) is 14.3. The summed E-state index contributed by atoms with van der Waals surface area (Å²) in [6, 6.07) is 0. The summed E-state index contributed by atoms with van der Waals surface area (Å²) in [6.45, 7) is 7.01. The van der Waals surface area contributed by atoms with Crippen LogP contribution in [0.1, 0.15) is 33.1 Å². The zero-order valence-corrected chi connectivity index (χ0v) is 9.58. The van der Waals surface area contributed by atoms with Crippen molar-refractivity contribution in [3.05, 3.63) is 0 Å². The van der Waals surface area contributed by atoms with E-state index in [-0.39, 0.29) is 11.0 Å².